The highest BCUT2D eigenvalue weighted by Gasteiger charge is 2.18. The third kappa shape index (κ3) is 4.44. The summed E-state index contributed by atoms with van der Waals surface area (Å²) in [5, 5.41) is 4.14. The Morgan fingerprint density at radius 2 is 1.07 bits per heavy atom. The van der Waals surface area contributed by atoms with Gasteiger partial charge in [-0.2, -0.15) is 0 Å². The van der Waals surface area contributed by atoms with Gasteiger partial charge in [0, 0.05) is 12.6 Å². The van der Waals surface area contributed by atoms with Gasteiger partial charge in [0.2, 0.25) is 0 Å². The van der Waals surface area contributed by atoms with E-state index in [1.807, 2.05) is 36.5 Å². The number of aliphatic imine (C=N–C) groups is 1. The van der Waals surface area contributed by atoms with Gasteiger partial charge in [-0.05, 0) is 41.5 Å². The Morgan fingerprint density at radius 3 is 1.68 bits per heavy atom. The van der Waals surface area contributed by atoms with Gasteiger partial charge in [-0.25, -0.2) is 0 Å². The van der Waals surface area contributed by atoms with Crippen molar-refractivity contribution in [2.75, 3.05) is 0 Å². The van der Waals surface area contributed by atoms with Crippen molar-refractivity contribution in [3.63, 3.8) is 0 Å². The van der Waals surface area contributed by atoms with E-state index in [2.05, 4.69) is 89.9 Å². The summed E-state index contributed by atoms with van der Waals surface area (Å²) in [5.41, 5.74) is 2.33. The first-order chi connectivity index (χ1) is 13.9. The molecule has 0 radical (unpaired) electrons. The first kappa shape index (κ1) is 18.3. The topological polar surface area (TPSA) is 12.4 Å². The fourth-order valence-corrected chi connectivity index (χ4v) is 5.73. The van der Waals surface area contributed by atoms with Crippen LogP contribution in [-0.2, 0) is 6.42 Å². The van der Waals surface area contributed by atoms with Gasteiger partial charge in [-0.1, -0.05) is 103 Å². The molecule has 0 bridgehead atoms. The predicted octanol–water partition coefficient (Wildman–Crippen LogP) is 5.39. The highest BCUT2D eigenvalue weighted by atomic mass is 31.1. The van der Waals surface area contributed by atoms with Crippen molar-refractivity contribution < 1.29 is 0 Å². The van der Waals surface area contributed by atoms with E-state index in [4.69, 9.17) is 0 Å². The Labute approximate surface area is 168 Å². The summed E-state index contributed by atoms with van der Waals surface area (Å²) < 4.78 is 0. The minimum absolute atomic E-state index is 0.599. The highest BCUT2D eigenvalue weighted by molar-refractivity contribution is 7.79. The molecular weight excluding hydrogens is 357 g/mol. The molecule has 0 saturated carbocycles. The van der Waals surface area contributed by atoms with Crippen molar-refractivity contribution in [3.8, 4) is 0 Å². The van der Waals surface area contributed by atoms with Crippen LogP contribution in [0.1, 0.15) is 5.56 Å². The first-order valence-electron chi connectivity index (χ1n) is 9.47. The molecule has 0 aromatic heterocycles. The number of hydrogen-bond acceptors (Lipinski definition) is 1. The fourth-order valence-electron chi connectivity index (χ4n) is 3.25. The minimum atomic E-state index is -0.599. The van der Waals surface area contributed by atoms with Gasteiger partial charge < -0.3 is 0 Å². The molecule has 0 amide bonds. The van der Waals surface area contributed by atoms with Crippen molar-refractivity contribution in [2.24, 2.45) is 4.99 Å². The molecule has 0 aliphatic carbocycles. The van der Waals surface area contributed by atoms with Gasteiger partial charge in [0.1, 0.15) is 0 Å². The summed E-state index contributed by atoms with van der Waals surface area (Å²) in [4.78, 5) is 4.63. The normalized spacial score (nSPS) is 11.2. The first-order valence-corrected chi connectivity index (χ1v) is 10.8. The van der Waals surface area contributed by atoms with E-state index in [9.17, 15) is 0 Å². The second-order valence-electron chi connectivity index (χ2n) is 6.49. The molecule has 4 rings (SSSR count). The van der Waals surface area contributed by atoms with Crippen LogP contribution in [0.5, 0.6) is 0 Å². The summed E-state index contributed by atoms with van der Waals surface area (Å²) in [6, 6.07) is 40.6. The maximum absolute atomic E-state index is 4.63. The smallest absolute Gasteiger partial charge is 0.0625 e. The lowest BCUT2D eigenvalue weighted by atomic mass is 10.2. The molecule has 0 N–H and O–H groups in total. The van der Waals surface area contributed by atoms with E-state index >= 15 is 0 Å². The molecule has 2 heteroatoms. The Bertz CT molecular complexity index is 988. The Morgan fingerprint density at radius 1 is 0.571 bits per heavy atom. The molecule has 0 heterocycles. The van der Waals surface area contributed by atoms with Gasteiger partial charge in [0.05, 0.1) is 5.69 Å². The van der Waals surface area contributed by atoms with Crippen LogP contribution >= 0.6 is 7.92 Å². The molecule has 28 heavy (non-hydrogen) atoms. The van der Waals surface area contributed by atoms with Crippen LogP contribution in [0.25, 0.3) is 0 Å². The summed E-state index contributed by atoms with van der Waals surface area (Å²) in [6.45, 7) is 0. The zero-order chi connectivity index (χ0) is 19.0. The van der Waals surface area contributed by atoms with E-state index in [1.54, 1.807) is 0 Å². The van der Waals surface area contributed by atoms with Gasteiger partial charge >= 0.3 is 0 Å². The number of benzene rings is 4. The van der Waals surface area contributed by atoms with Crippen LogP contribution in [-0.4, -0.2) is 6.21 Å². The Kier molecular flexibility index (Phi) is 6.07. The molecule has 4 aromatic rings. The molecule has 1 nitrogen and oxygen atoms in total. The number of para-hydroxylation sites is 1. The lowest BCUT2D eigenvalue weighted by molar-refractivity contribution is 1.37. The number of nitrogens with zero attached hydrogens (tertiary/aromatic N) is 1. The zero-order valence-electron chi connectivity index (χ0n) is 15.6. The van der Waals surface area contributed by atoms with Gasteiger partial charge in [-0.15, -0.1) is 0 Å². The van der Waals surface area contributed by atoms with E-state index in [-0.39, 0.29) is 0 Å². The van der Waals surface area contributed by atoms with Crippen molar-refractivity contribution in [1.82, 2.24) is 0 Å². The molecular formula is C26H22NP. The predicted molar refractivity (Wildman–Crippen MR) is 123 cm³/mol. The standard InChI is InChI=1S/C26H22NP/c1-4-13-23(14-5-1)27-21-20-22-12-10-11-19-26(22)28(24-15-6-2-7-16-24)25-17-8-3-9-18-25/h1-19,21H,20H2. The van der Waals surface area contributed by atoms with E-state index in [0.29, 0.717) is 0 Å². The third-order valence-corrected chi connectivity index (χ3v) is 7.12. The van der Waals surface area contributed by atoms with Gasteiger partial charge in [-0.3, -0.25) is 4.99 Å². The number of hydrogen-bond donors (Lipinski definition) is 0. The van der Waals surface area contributed by atoms with Gasteiger partial charge in [0.15, 0.2) is 0 Å². The van der Waals surface area contributed by atoms with E-state index < -0.39 is 7.92 Å². The van der Waals surface area contributed by atoms with Crippen LogP contribution in [0, 0.1) is 0 Å². The molecule has 0 spiro atoms. The Balaban J connectivity index is 1.70. The second-order valence-corrected chi connectivity index (χ2v) is 8.67. The molecule has 0 aliphatic rings. The fraction of sp³-hybridized carbons (Fsp3) is 0.0385. The maximum atomic E-state index is 4.63. The summed E-state index contributed by atoms with van der Waals surface area (Å²) in [5.74, 6) is 0. The summed E-state index contributed by atoms with van der Waals surface area (Å²) >= 11 is 0. The third-order valence-electron chi connectivity index (χ3n) is 4.57. The van der Waals surface area contributed by atoms with Crippen LogP contribution in [0.4, 0.5) is 5.69 Å². The number of rotatable bonds is 6. The lowest BCUT2D eigenvalue weighted by Crippen LogP contribution is -2.23. The second kappa shape index (κ2) is 9.26. The van der Waals surface area contributed by atoms with Crippen LogP contribution in [0.3, 0.4) is 0 Å². The lowest BCUT2D eigenvalue weighted by Gasteiger charge is -2.21. The van der Waals surface area contributed by atoms with E-state index in [0.717, 1.165) is 12.1 Å². The largest absolute Gasteiger partial charge is 0.261 e. The van der Waals surface area contributed by atoms with Crippen molar-refractivity contribution in [3.05, 3.63) is 121 Å². The molecule has 136 valence electrons. The molecule has 0 saturated heterocycles. The van der Waals surface area contributed by atoms with Gasteiger partial charge in [0.25, 0.3) is 0 Å². The van der Waals surface area contributed by atoms with Crippen molar-refractivity contribution >= 4 is 35.7 Å². The molecule has 0 unspecified atom stereocenters. The van der Waals surface area contributed by atoms with Crippen LogP contribution in [0.15, 0.2) is 120 Å². The average molecular weight is 379 g/mol. The average Bonchev–Trinajstić information content (AvgIpc) is 2.77. The Hall–Kier alpha value is -3.02. The molecule has 0 aliphatic heterocycles. The highest BCUT2D eigenvalue weighted by Crippen LogP contribution is 2.34. The van der Waals surface area contributed by atoms with Crippen LogP contribution < -0.4 is 15.9 Å². The molecule has 4 aromatic carbocycles. The van der Waals surface area contributed by atoms with Crippen molar-refractivity contribution in [1.29, 1.82) is 0 Å². The minimum Gasteiger partial charge on any atom is -0.261 e. The van der Waals surface area contributed by atoms with Crippen LogP contribution in [0.2, 0.25) is 0 Å². The monoisotopic (exact) mass is 379 g/mol. The van der Waals surface area contributed by atoms with Crippen molar-refractivity contribution in [2.45, 2.75) is 6.42 Å². The summed E-state index contributed by atoms with van der Waals surface area (Å²) in [7, 11) is -0.599. The van der Waals surface area contributed by atoms with E-state index in [1.165, 1.54) is 21.5 Å². The SMILES string of the molecule is C(Cc1ccccc1P(c1ccccc1)c1ccccc1)=Nc1ccccc1. The summed E-state index contributed by atoms with van der Waals surface area (Å²) in [6.07, 6.45) is 2.85. The zero-order valence-corrected chi connectivity index (χ0v) is 16.5. The molecule has 0 atom stereocenters. The quantitative estimate of drug-likeness (QED) is 0.315. The maximum Gasteiger partial charge on any atom is 0.0625 e. The molecule has 0 fully saturated rings.